The second kappa shape index (κ2) is 8.62. The quantitative estimate of drug-likeness (QED) is 0.783. The molecular weight excluding hydrogens is 322 g/mol. The van der Waals surface area contributed by atoms with E-state index in [4.69, 9.17) is 5.11 Å². The zero-order chi connectivity index (χ0) is 18.4. The van der Waals surface area contributed by atoms with Gasteiger partial charge in [0.1, 0.15) is 0 Å². The highest BCUT2D eigenvalue weighted by Crippen LogP contribution is 2.17. The van der Waals surface area contributed by atoms with Gasteiger partial charge in [-0.05, 0) is 24.6 Å². The average Bonchev–Trinajstić information content (AvgIpc) is 2.58. The molecule has 0 saturated carbocycles. The number of rotatable bonds is 7. The van der Waals surface area contributed by atoms with Gasteiger partial charge in [-0.15, -0.1) is 0 Å². The Balaban J connectivity index is 2.01. The van der Waals surface area contributed by atoms with E-state index >= 15 is 0 Å². The van der Waals surface area contributed by atoms with E-state index in [9.17, 15) is 14.4 Å². The number of nitrogens with zero attached hydrogens (tertiary/aromatic N) is 2. The molecule has 0 aromatic heterocycles. The fraction of sp³-hybridized carbons (Fsp3) is 0.500. The Hall–Kier alpha value is -2.41. The molecule has 0 spiro atoms. The highest BCUT2D eigenvalue weighted by molar-refractivity contribution is 5.95. The lowest BCUT2D eigenvalue weighted by atomic mass is 10.0. The monoisotopic (exact) mass is 347 g/mol. The molecule has 7 nitrogen and oxygen atoms in total. The van der Waals surface area contributed by atoms with Crippen LogP contribution in [0, 0.1) is 0 Å². The van der Waals surface area contributed by atoms with Crippen molar-refractivity contribution in [2.75, 3.05) is 32.0 Å². The van der Waals surface area contributed by atoms with Gasteiger partial charge in [-0.1, -0.05) is 25.8 Å². The van der Waals surface area contributed by atoms with Crippen molar-refractivity contribution in [1.82, 2.24) is 9.80 Å². The second-order valence-corrected chi connectivity index (χ2v) is 6.32. The molecular formula is C18H25N3O4. The largest absolute Gasteiger partial charge is 0.478 e. The molecule has 25 heavy (non-hydrogen) atoms. The normalized spacial score (nSPS) is 18.2. The Bertz CT molecular complexity index is 647. The Morgan fingerprint density at radius 1 is 1.32 bits per heavy atom. The van der Waals surface area contributed by atoms with Crippen LogP contribution in [0.1, 0.15) is 36.5 Å². The number of amides is 2. The van der Waals surface area contributed by atoms with Crippen molar-refractivity contribution >= 4 is 23.5 Å². The topological polar surface area (TPSA) is 90.0 Å². The fourth-order valence-corrected chi connectivity index (χ4v) is 2.96. The summed E-state index contributed by atoms with van der Waals surface area (Å²) in [4.78, 5) is 39.4. The third-order valence-electron chi connectivity index (χ3n) is 4.40. The molecule has 1 fully saturated rings. The highest BCUT2D eigenvalue weighted by Gasteiger charge is 2.33. The number of unbranched alkanes of at least 4 members (excludes halogenated alkanes) is 1. The van der Waals surface area contributed by atoms with Gasteiger partial charge in [0.2, 0.25) is 11.8 Å². The van der Waals surface area contributed by atoms with Gasteiger partial charge < -0.3 is 15.3 Å². The average molecular weight is 347 g/mol. The molecule has 2 rings (SSSR count). The summed E-state index contributed by atoms with van der Waals surface area (Å²) in [5, 5.41) is 11.7. The maximum absolute atomic E-state index is 12.4. The van der Waals surface area contributed by atoms with Crippen LogP contribution in [-0.2, 0) is 9.59 Å². The second-order valence-electron chi connectivity index (χ2n) is 6.32. The summed E-state index contributed by atoms with van der Waals surface area (Å²) in [7, 11) is 1.79. The molecule has 0 unspecified atom stereocenters. The minimum Gasteiger partial charge on any atom is -0.478 e. The molecule has 2 amide bonds. The van der Waals surface area contributed by atoms with Crippen molar-refractivity contribution in [1.29, 1.82) is 0 Å². The third-order valence-corrected chi connectivity index (χ3v) is 4.40. The molecule has 1 aliphatic heterocycles. The summed E-state index contributed by atoms with van der Waals surface area (Å²) in [6.45, 7) is 3.44. The maximum atomic E-state index is 12.4. The van der Waals surface area contributed by atoms with Crippen molar-refractivity contribution < 1.29 is 19.5 Å². The molecule has 1 atom stereocenters. The molecule has 0 aliphatic carbocycles. The van der Waals surface area contributed by atoms with E-state index in [-0.39, 0.29) is 30.0 Å². The van der Waals surface area contributed by atoms with Crippen LogP contribution >= 0.6 is 0 Å². The number of likely N-dealkylation sites (N-methyl/N-ethyl adjacent to an activating group) is 1. The number of hydrogen-bond acceptors (Lipinski definition) is 4. The van der Waals surface area contributed by atoms with Crippen molar-refractivity contribution in [3.63, 3.8) is 0 Å². The van der Waals surface area contributed by atoms with Gasteiger partial charge in [-0.2, -0.15) is 0 Å². The maximum Gasteiger partial charge on any atom is 0.335 e. The van der Waals surface area contributed by atoms with Crippen LogP contribution in [0.2, 0.25) is 0 Å². The van der Waals surface area contributed by atoms with Gasteiger partial charge in [0.25, 0.3) is 0 Å². The summed E-state index contributed by atoms with van der Waals surface area (Å²) < 4.78 is 0. The van der Waals surface area contributed by atoms with Gasteiger partial charge in [0.15, 0.2) is 0 Å². The first-order valence-corrected chi connectivity index (χ1v) is 8.54. The number of anilines is 1. The van der Waals surface area contributed by atoms with Crippen molar-refractivity contribution in [2.24, 2.45) is 0 Å². The molecule has 136 valence electrons. The number of carbonyl (C=O) groups is 3. The number of nitrogens with one attached hydrogen (secondary N) is 1. The predicted molar refractivity (Wildman–Crippen MR) is 94.6 cm³/mol. The molecule has 1 aliphatic rings. The molecule has 1 heterocycles. The smallest absolute Gasteiger partial charge is 0.335 e. The summed E-state index contributed by atoms with van der Waals surface area (Å²) in [6.07, 6.45) is 2.67. The van der Waals surface area contributed by atoms with E-state index in [0.717, 1.165) is 19.3 Å². The minimum absolute atomic E-state index is 0.0559. The Kier molecular flexibility index (Phi) is 6.52. The van der Waals surface area contributed by atoms with Gasteiger partial charge in [-0.25, -0.2) is 4.79 Å². The zero-order valence-electron chi connectivity index (χ0n) is 14.7. The van der Waals surface area contributed by atoms with Gasteiger partial charge in [-0.3, -0.25) is 14.5 Å². The lowest BCUT2D eigenvalue weighted by molar-refractivity contribution is -0.141. The molecule has 0 bridgehead atoms. The lowest BCUT2D eigenvalue weighted by Crippen LogP contribution is -2.57. The van der Waals surface area contributed by atoms with Crippen molar-refractivity contribution in [3.8, 4) is 0 Å². The number of aromatic carboxylic acids is 1. The zero-order valence-corrected chi connectivity index (χ0v) is 14.7. The number of carboxylic acid groups (broad SMARTS) is 1. The third kappa shape index (κ3) is 5.03. The van der Waals surface area contributed by atoms with Crippen LogP contribution in [-0.4, -0.2) is 65.4 Å². The number of piperazine rings is 1. The van der Waals surface area contributed by atoms with E-state index in [0.29, 0.717) is 18.8 Å². The van der Waals surface area contributed by atoms with Crippen LogP contribution in [0.15, 0.2) is 24.3 Å². The lowest BCUT2D eigenvalue weighted by Gasteiger charge is -2.38. The molecule has 2 N–H and O–H groups in total. The van der Waals surface area contributed by atoms with E-state index in [1.807, 2.05) is 4.90 Å². The van der Waals surface area contributed by atoms with Gasteiger partial charge in [0.05, 0.1) is 18.2 Å². The first-order valence-electron chi connectivity index (χ1n) is 8.54. The standard InChI is InChI=1S/C18H25N3O4/c1-3-4-8-15-17(23)20(2)9-10-21(15)12-16(22)19-14-7-5-6-13(11-14)18(24)25/h5-7,11,15H,3-4,8-10,12H2,1-2H3,(H,19,22)(H,24,25)/t15-/m0/s1. The summed E-state index contributed by atoms with van der Waals surface area (Å²) in [6, 6.07) is 5.85. The fourth-order valence-electron chi connectivity index (χ4n) is 2.96. The Morgan fingerprint density at radius 3 is 2.76 bits per heavy atom. The first-order chi connectivity index (χ1) is 11.9. The summed E-state index contributed by atoms with van der Waals surface area (Å²) in [5.41, 5.74) is 0.559. The van der Waals surface area contributed by atoms with Gasteiger partial charge in [0, 0.05) is 25.8 Å². The van der Waals surface area contributed by atoms with Crippen LogP contribution in [0.5, 0.6) is 0 Å². The Morgan fingerprint density at radius 2 is 2.08 bits per heavy atom. The molecule has 1 aromatic carbocycles. The van der Waals surface area contributed by atoms with Crippen LogP contribution in [0.3, 0.4) is 0 Å². The molecule has 0 radical (unpaired) electrons. The van der Waals surface area contributed by atoms with Gasteiger partial charge >= 0.3 is 5.97 Å². The van der Waals surface area contributed by atoms with E-state index < -0.39 is 5.97 Å². The van der Waals surface area contributed by atoms with E-state index in [1.54, 1.807) is 24.1 Å². The summed E-state index contributed by atoms with van der Waals surface area (Å²) >= 11 is 0. The number of hydrogen-bond donors (Lipinski definition) is 2. The van der Waals surface area contributed by atoms with Crippen LogP contribution in [0.4, 0.5) is 5.69 Å². The molecule has 1 saturated heterocycles. The molecule has 1 aromatic rings. The van der Waals surface area contributed by atoms with Crippen molar-refractivity contribution in [3.05, 3.63) is 29.8 Å². The summed E-state index contributed by atoms with van der Waals surface area (Å²) in [5.74, 6) is -1.23. The van der Waals surface area contributed by atoms with Crippen molar-refractivity contribution in [2.45, 2.75) is 32.2 Å². The molecule has 7 heteroatoms. The van der Waals surface area contributed by atoms with Crippen LogP contribution < -0.4 is 5.32 Å². The highest BCUT2D eigenvalue weighted by atomic mass is 16.4. The van der Waals surface area contributed by atoms with E-state index in [1.165, 1.54) is 12.1 Å². The number of benzene rings is 1. The SMILES string of the molecule is CCCC[C@H]1C(=O)N(C)CCN1CC(=O)Nc1cccc(C(=O)O)c1. The predicted octanol–water partition coefficient (Wildman–Crippen LogP) is 1.66. The van der Waals surface area contributed by atoms with E-state index in [2.05, 4.69) is 12.2 Å². The number of carboxylic acids is 1. The minimum atomic E-state index is -1.04. The number of carbonyl (C=O) groups excluding carboxylic acids is 2. The van der Waals surface area contributed by atoms with Crippen LogP contribution in [0.25, 0.3) is 0 Å². The Labute approximate surface area is 147 Å². The first kappa shape index (κ1) is 18.9.